The van der Waals surface area contributed by atoms with Crippen molar-refractivity contribution < 1.29 is 4.42 Å². The standard InChI is InChI=1S/C10H10O2/c1-3-4-5-9-8(2)12-7-6-10(9)11/h3-7H,1H2,2H3/b5-4-. The second-order valence-electron chi connectivity index (χ2n) is 2.35. The number of aryl methyl sites for hydroxylation is 1. The SMILES string of the molecule is C=C/C=C\c1c(C)occc1=O. The van der Waals surface area contributed by atoms with Gasteiger partial charge in [-0.1, -0.05) is 18.7 Å². The Labute approximate surface area is 70.8 Å². The van der Waals surface area contributed by atoms with Gasteiger partial charge in [-0.2, -0.15) is 0 Å². The second-order valence-corrected chi connectivity index (χ2v) is 2.35. The van der Waals surface area contributed by atoms with Crippen LogP contribution in [0.5, 0.6) is 0 Å². The van der Waals surface area contributed by atoms with Crippen LogP contribution < -0.4 is 5.43 Å². The molecule has 1 rings (SSSR count). The van der Waals surface area contributed by atoms with E-state index < -0.39 is 0 Å². The van der Waals surface area contributed by atoms with Gasteiger partial charge in [-0.15, -0.1) is 0 Å². The van der Waals surface area contributed by atoms with Gasteiger partial charge >= 0.3 is 0 Å². The number of allylic oxidation sites excluding steroid dienone is 2. The molecule has 0 bridgehead atoms. The van der Waals surface area contributed by atoms with Gasteiger partial charge in [0.1, 0.15) is 5.76 Å². The average molecular weight is 162 g/mol. The van der Waals surface area contributed by atoms with Gasteiger partial charge in [0.25, 0.3) is 0 Å². The Morgan fingerprint density at radius 3 is 2.92 bits per heavy atom. The highest BCUT2D eigenvalue weighted by molar-refractivity contribution is 5.51. The maximum atomic E-state index is 11.2. The fourth-order valence-electron chi connectivity index (χ4n) is 0.888. The van der Waals surface area contributed by atoms with Crippen LogP contribution in [0.15, 0.2) is 40.3 Å². The molecule has 0 N–H and O–H groups in total. The summed E-state index contributed by atoms with van der Waals surface area (Å²) in [6.07, 6.45) is 6.40. The zero-order chi connectivity index (χ0) is 8.97. The summed E-state index contributed by atoms with van der Waals surface area (Å²) in [7, 11) is 0. The zero-order valence-electron chi connectivity index (χ0n) is 6.91. The third kappa shape index (κ3) is 1.72. The Morgan fingerprint density at radius 1 is 1.58 bits per heavy atom. The second kappa shape index (κ2) is 3.72. The minimum absolute atomic E-state index is 0.0307. The molecule has 2 nitrogen and oxygen atoms in total. The van der Waals surface area contributed by atoms with E-state index in [1.807, 2.05) is 0 Å². The molecule has 1 aromatic rings. The summed E-state index contributed by atoms with van der Waals surface area (Å²) in [4.78, 5) is 11.2. The smallest absolute Gasteiger partial charge is 0.192 e. The molecule has 0 fully saturated rings. The molecule has 0 aromatic carbocycles. The Kier molecular flexibility index (Phi) is 2.64. The number of hydrogen-bond acceptors (Lipinski definition) is 2. The van der Waals surface area contributed by atoms with Crippen LogP contribution in [0.4, 0.5) is 0 Å². The Hall–Kier alpha value is -1.57. The number of rotatable bonds is 2. The lowest BCUT2D eigenvalue weighted by molar-refractivity contribution is 0.513. The molecule has 0 spiro atoms. The van der Waals surface area contributed by atoms with E-state index in [0.717, 1.165) is 0 Å². The normalized spacial score (nSPS) is 10.4. The van der Waals surface area contributed by atoms with E-state index in [2.05, 4.69) is 6.58 Å². The highest BCUT2D eigenvalue weighted by Gasteiger charge is 1.98. The van der Waals surface area contributed by atoms with Crippen LogP contribution in [-0.2, 0) is 0 Å². The first-order valence-corrected chi connectivity index (χ1v) is 3.63. The van der Waals surface area contributed by atoms with Gasteiger partial charge in [-0.25, -0.2) is 0 Å². The lowest BCUT2D eigenvalue weighted by Crippen LogP contribution is -2.03. The minimum Gasteiger partial charge on any atom is -0.469 e. The van der Waals surface area contributed by atoms with Crippen LogP contribution in [0.25, 0.3) is 6.08 Å². The minimum atomic E-state index is -0.0307. The fraction of sp³-hybridized carbons (Fsp3) is 0.100. The molecule has 0 unspecified atom stereocenters. The van der Waals surface area contributed by atoms with Gasteiger partial charge in [-0.05, 0) is 13.0 Å². The van der Waals surface area contributed by atoms with Crippen LogP contribution in [0.1, 0.15) is 11.3 Å². The molecule has 12 heavy (non-hydrogen) atoms. The summed E-state index contributed by atoms with van der Waals surface area (Å²) in [5.74, 6) is 0.626. The van der Waals surface area contributed by atoms with E-state index in [1.54, 1.807) is 25.2 Å². The van der Waals surface area contributed by atoms with Gasteiger partial charge < -0.3 is 4.42 Å². The van der Waals surface area contributed by atoms with E-state index in [9.17, 15) is 4.79 Å². The Bertz CT molecular complexity index is 358. The summed E-state index contributed by atoms with van der Waals surface area (Å²) < 4.78 is 5.05. The van der Waals surface area contributed by atoms with E-state index >= 15 is 0 Å². The third-order valence-corrected chi connectivity index (χ3v) is 1.51. The molecule has 0 aliphatic heterocycles. The molecule has 1 heterocycles. The fourth-order valence-corrected chi connectivity index (χ4v) is 0.888. The van der Waals surface area contributed by atoms with Crippen molar-refractivity contribution in [1.82, 2.24) is 0 Å². The van der Waals surface area contributed by atoms with E-state index in [1.165, 1.54) is 12.3 Å². The van der Waals surface area contributed by atoms with E-state index in [-0.39, 0.29) is 5.43 Å². The molecule has 0 aliphatic carbocycles. The van der Waals surface area contributed by atoms with Crippen LogP contribution in [0, 0.1) is 6.92 Å². The average Bonchev–Trinajstić information content (AvgIpc) is 2.04. The summed E-state index contributed by atoms with van der Waals surface area (Å²) in [6.45, 7) is 5.27. The predicted octanol–water partition coefficient (Wildman–Crippen LogP) is 2.15. The summed E-state index contributed by atoms with van der Waals surface area (Å²) in [5, 5.41) is 0. The molecular weight excluding hydrogens is 152 g/mol. The topological polar surface area (TPSA) is 30.2 Å². The maximum Gasteiger partial charge on any atom is 0.192 e. The van der Waals surface area contributed by atoms with Crippen LogP contribution in [-0.4, -0.2) is 0 Å². The number of hydrogen-bond donors (Lipinski definition) is 0. The van der Waals surface area contributed by atoms with Gasteiger partial charge in [0, 0.05) is 6.07 Å². The molecule has 0 atom stereocenters. The van der Waals surface area contributed by atoms with E-state index in [4.69, 9.17) is 4.42 Å². The van der Waals surface area contributed by atoms with Crippen LogP contribution in [0.2, 0.25) is 0 Å². The molecular formula is C10H10O2. The summed E-state index contributed by atoms with van der Waals surface area (Å²) in [5.41, 5.74) is 0.550. The van der Waals surface area contributed by atoms with Crippen molar-refractivity contribution in [2.45, 2.75) is 6.92 Å². The van der Waals surface area contributed by atoms with Crippen molar-refractivity contribution in [3.8, 4) is 0 Å². The van der Waals surface area contributed by atoms with Crippen molar-refractivity contribution in [2.24, 2.45) is 0 Å². The Balaban J connectivity index is 3.21. The first-order valence-electron chi connectivity index (χ1n) is 3.63. The van der Waals surface area contributed by atoms with E-state index in [0.29, 0.717) is 11.3 Å². The highest BCUT2D eigenvalue weighted by Crippen LogP contribution is 2.03. The lowest BCUT2D eigenvalue weighted by atomic mass is 10.2. The summed E-state index contributed by atoms with van der Waals surface area (Å²) >= 11 is 0. The first-order chi connectivity index (χ1) is 5.75. The molecule has 0 aliphatic rings. The molecule has 0 saturated carbocycles. The maximum absolute atomic E-state index is 11.2. The first kappa shape index (κ1) is 8.53. The molecule has 2 heteroatoms. The van der Waals surface area contributed by atoms with Crippen molar-refractivity contribution in [3.63, 3.8) is 0 Å². The third-order valence-electron chi connectivity index (χ3n) is 1.51. The van der Waals surface area contributed by atoms with Crippen molar-refractivity contribution in [2.75, 3.05) is 0 Å². The molecule has 0 amide bonds. The molecule has 62 valence electrons. The highest BCUT2D eigenvalue weighted by atomic mass is 16.3. The molecule has 1 aromatic heterocycles. The van der Waals surface area contributed by atoms with Gasteiger partial charge in [0.15, 0.2) is 5.43 Å². The van der Waals surface area contributed by atoms with Gasteiger partial charge in [0.05, 0.1) is 11.8 Å². The van der Waals surface area contributed by atoms with Crippen LogP contribution in [0.3, 0.4) is 0 Å². The van der Waals surface area contributed by atoms with Gasteiger partial charge in [-0.3, -0.25) is 4.79 Å². The largest absolute Gasteiger partial charge is 0.469 e. The predicted molar refractivity (Wildman–Crippen MR) is 48.9 cm³/mol. The zero-order valence-corrected chi connectivity index (χ0v) is 6.91. The Morgan fingerprint density at radius 2 is 2.33 bits per heavy atom. The lowest BCUT2D eigenvalue weighted by Gasteiger charge is -1.94. The monoisotopic (exact) mass is 162 g/mol. The summed E-state index contributed by atoms with van der Waals surface area (Å²) in [6, 6.07) is 1.40. The van der Waals surface area contributed by atoms with Crippen molar-refractivity contribution in [3.05, 3.63) is 52.6 Å². The van der Waals surface area contributed by atoms with Crippen LogP contribution >= 0.6 is 0 Å². The molecule has 0 radical (unpaired) electrons. The van der Waals surface area contributed by atoms with Crippen molar-refractivity contribution >= 4 is 6.08 Å². The van der Waals surface area contributed by atoms with Gasteiger partial charge in [0.2, 0.25) is 0 Å². The quantitative estimate of drug-likeness (QED) is 0.624. The van der Waals surface area contributed by atoms with Crippen molar-refractivity contribution in [1.29, 1.82) is 0 Å². The molecule has 0 saturated heterocycles.